The van der Waals surface area contributed by atoms with Gasteiger partial charge >= 0.3 is 0 Å². The van der Waals surface area contributed by atoms with Crippen LogP contribution in [-0.4, -0.2) is 42.0 Å². The Balaban J connectivity index is 1.81. The fraction of sp³-hybridized carbons (Fsp3) is 1.00. The first kappa shape index (κ1) is 9.13. The molecule has 3 heteroatoms. The van der Waals surface area contributed by atoms with Gasteiger partial charge in [0, 0.05) is 13.0 Å². The summed E-state index contributed by atoms with van der Waals surface area (Å²) in [5, 5.41) is 0. The van der Waals surface area contributed by atoms with Crippen molar-refractivity contribution in [2.45, 2.75) is 63.7 Å². The molecule has 80 valence electrons. The van der Waals surface area contributed by atoms with Gasteiger partial charge in [0.05, 0.1) is 24.4 Å². The molecule has 0 aromatic rings. The first-order valence-electron chi connectivity index (χ1n) is 5.82. The Labute approximate surface area is 85.4 Å². The molecule has 0 aliphatic carbocycles. The molecule has 0 radical (unpaired) electrons. The van der Waals surface area contributed by atoms with E-state index in [4.69, 9.17) is 9.47 Å². The van der Waals surface area contributed by atoms with E-state index >= 15 is 0 Å². The molecule has 3 saturated heterocycles. The van der Waals surface area contributed by atoms with E-state index in [0.717, 1.165) is 6.42 Å². The van der Waals surface area contributed by atoms with Gasteiger partial charge in [-0.05, 0) is 26.7 Å². The second-order valence-electron chi connectivity index (χ2n) is 4.89. The summed E-state index contributed by atoms with van der Waals surface area (Å²) in [7, 11) is 0. The molecule has 5 atom stereocenters. The molecular formula is C11H19NO2. The predicted octanol–water partition coefficient (Wildman–Crippen LogP) is 1.37. The van der Waals surface area contributed by atoms with Crippen LogP contribution in [0.5, 0.6) is 0 Å². The molecular weight excluding hydrogens is 178 g/mol. The van der Waals surface area contributed by atoms with Gasteiger partial charge < -0.3 is 9.47 Å². The van der Waals surface area contributed by atoms with Gasteiger partial charge in [-0.1, -0.05) is 0 Å². The molecule has 0 amide bonds. The van der Waals surface area contributed by atoms with Crippen molar-refractivity contribution >= 4 is 0 Å². The third-order valence-corrected chi connectivity index (χ3v) is 3.83. The lowest BCUT2D eigenvalue weighted by Crippen LogP contribution is -2.50. The second-order valence-corrected chi connectivity index (χ2v) is 4.89. The summed E-state index contributed by atoms with van der Waals surface area (Å²) in [5.41, 5.74) is 0. The summed E-state index contributed by atoms with van der Waals surface area (Å²) in [6.07, 6.45) is 5.12. The first-order chi connectivity index (χ1) is 6.75. The van der Waals surface area contributed by atoms with Gasteiger partial charge in [0.15, 0.2) is 0 Å². The van der Waals surface area contributed by atoms with Crippen molar-refractivity contribution in [1.82, 2.24) is 4.90 Å². The molecule has 3 rings (SSSR count). The van der Waals surface area contributed by atoms with Crippen LogP contribution in [0.15, 0.2) is 0 Å². The van der Waals surface area contributed by atoms with E-state index in [1.54, 1.807) is 0 Å². The molecule has 0 bridgehead atoms. The van der Waals surface area contributed by atoms with Crippen LogP contribution in [0.3, 0.4) is 0 Å². The molecule has 0 aromatic heterocycles. The number of hydrogen-bond donors (Lipinski definition) is 0. The molecule has 14 heavy (non-hydrogen) atoms. The van der Waals surface area contributed by atoms with Gasteiger partial charge in [0.1, 0.15) is 6.23 Å². The van der Waals surface area contributed by atoms with E-state index in [1.807, 2.05) is 0 Å². The average Bonchev–Trinajstić information content (AvgIpc) is 2.60. The Kier molecular flexibility index (Phi) is 2.08. The molecule has 3 heterocycles. The highest BCUT2D eigenvalue weighted by atomic mass is 16.6. The highest BCUT2D eigenvalue weighted by Crippen LogP contribution is 2.38. The first-order valence-corrected chi connectivity index (χ1v) is 5.82. The molecule has 3 aliphatic heterocycles. The molecule has 0 N–H and O–H groups in total. The lowest BCUT2D eigenvalue weighted by molar-refractivity contribution is -0.0970. The fourth-order valence-electron chi connectivity index (χ4n) is 3.34. The third kappa shape index (κ3) is 1.23. The molecule has 3 nitrogen and oxygen atoms in total. The van der Waals surface area contributed by atoms with E-state index in [-0.39, 0.29) is 0 Å². The fourth-order valence-corrected chi connectivity index (χ4v) is 3.34. The quantitative estimate of drug-likeness (QED) is 0.585. The molecule has 0 aromatic carbocycles. The van der Waals surface area contributed by atoms with E-state index in [9.17, 15) is 0 Å². The standard InChI is InChI=1S/C11H19NO2/c1-7-6-9-11(8(2)13-7)12-5-3-4-10(12)14-9/h7-11H,3-6H2,1-2H3. The summed E-state index contributed by atoms with van der Waals surface area (Å²) in [5.74, 6) is 0. The maximum absolute atomic E-state index is 6.08. The second kappa shape index (κ2) is 3.19. The Bertz CT molecular complexity index is 233. The highest BCUT2D eigenvalue weighted by Gasteiger charge is 2.49. The van der Waals surface area contributed by atoms with Gasteiger partial charge in [-0.25, -0.2) is 0 Å². The summed E-state index contributed by atoms with van der Waals surface area (Å²) < 4.78 is 12.0. The van der Waals surface area contributed by atoms with Crippen molar-refractivity contribution in [3.8, 4) is 0 Å². The summed E-state index contributed by atoms with van der Waals surface area (Å²) in [6, 6.07) is 0.527. The zero-order chi connectivity index (χ0) is 9.71. The zero-order valence-electron chi connectivity index (χ0n) is 8.98. The lowest BCUT2D eigenvalue weighted by atomic mass is 9.96. The van der Waals surface area contributed by atoms with Gasteiger partial charge in [0.25, 0.3) is 0 Å². The van der Waals surface area contributed by atoms with Gasteiger partial charge in [-0.15, -0.1) is 0 Å². The normalized spacial score (nSPS) is 53.1. The van der Waals surface area contributed by atoms with E-state index < -0.39 is 0 Å². The molecule has 0 saturated carbocycles. The van der Waals surface area contributed by atoms with Crippen molar-refractivity contribution in [2.24, 2.45) is 0 Å². The van der Waals surface area contributed by atoms with Gasteiger partial charge in [0.2, 0.25) is 0 Å². The zero-order valence-corrected chi connectivity index (χ0v) is 8.98. The topological polar surface area (TPSA) is 21.7 Å². The van der Waals surface area contributed by atoms with Crippen LogP contribution in [0.1, 0.15) is 33.1 Å². The monoisotopic (exact) mass is 197 g/mol. The van der Waals surface area contributed by atoms with Crippen LogP contribution in [0.4, 0.5) is 0 Å². The van der Waals surface area contributed by atoms with E-state index in [2.05, 4.69) is 18.7 Å². The van der Waals surface area contributed by atoms with Crippen LogP contribution in [-0.2, 0) is 9.47 Å². The van der Waals surface area contributed by atoms with Crippen molar-refractivity contribution in [1.29, 1.82) is 0 Å². The Morgan fingerprint density at radius 1 is 1.21 bits per heavy atom. The minimum atomic E-state index is 0.340. The van der Waals surface area contributed by atoms with Crippen LogP contribution in [0.2, 0.25) is 0 Å². The number of hydrogen-bond acceptors (Lipinski definition) is 3. The van der Waals surface area contributed by atoms with Crippen molar-refractivity contribution < 1.29 is 9.47 Å². The van der Waals surface area contributed by atoms with Crippen LogP contribution >= 0.6 is 0 Å². The summed E-state index contributed by atoms with van der Waals surface area (Å²) >= 11 is 0. The van der Waals surface area contributed by atoms with E-state index in [0.29, 0.717) is 30.6 Å². The lowest BCUT2D eigenvalue weighted by Gasteiger charge is -2.37. The Morgan fingerprint density at radius 2 is 2.07 bits per heavy atom. The smallest absolute Gasteiger partial charge is 0.111 e. The highest BCUT2D eigenvalue weighted by molar-refractivity contribution is 4.98. The third-order valence-electron chi connectivity index (χ3n) is 3.83. The Hall–Kier alpha value is -0.120. The molecule has 3 fully saturated rings. The maximum Gasteiger partial charge on any atom is 0.111 e. The summed E-state index contributed by atoms with van der Waals surface area (Å²) in [6.45, 7) is 5.55. The van der Waals surface area contributed by atoms with Gasteiger partial charge in [-0.3, -0.25) is 4.90 Å². The number of fused-ring (bicyclic) bond motifs is 3. The molecule has 5 unspecified atom stereocenters. The minimum Gasteiger partial charge on any atom is -0.374 e. The van der Waals surface area contributed by atoms with Crippen LogP contribution < -0.4 is 0 Å². The summed E-state index contributed by atoms with van der Waals surface area (Å²) in [4.78, 5) is 2.52. The van der Waals surface area contributed by atoms with E-state index in [1.165, 1.54) is 19.4 Å². The molecule has 0 spiro atoms. The Morgan fingerprint density at radius 3 is 2.93 bits per heavy atom. The largest absolute Gasteiger partial charge is 0.374 e. The van der Waals surface area contributed by atoms with Crippen LogP contribution in [0, 0.1) is 0 Å². The average molecular weight is 197 g/mol. The predicted molar refractivity (Wildman–Crippen MR) is 53.0 cm³/mol. The number of nitrogens with zero attached hydrogens (tertiary/aromatic N) is 1. The number of ether oxygens (including phenoxy) is 2. The van der Waals surface area contributed by atoms with Gasteiger partial charge in [-0.2, -0.15) is 0 Å². The van der Waals surface area contributed by atoms with Crippen LogP contribution in [0.25, 0.3) is 0 Å². The van der Waals surface area contributed by atoms with Crippen molar-refractivity contribution in [3.05, 3.63) is 0 Å². The molecule has 3 aliphatic rings. The SMILES string of the molecule is CC1CC2OC3CCCN3C2C(C)O1. The minimum absolute atomic E-state index is 0.340. The van der Waals surface area contributed by atoms with Crippen molar-refractivity contribution in [2.75, 3.05) is 6.54 Å². The number of rotatable bonds is 0. The maximum atomic E-state index is 6.08. The van der Waals surface area contributed by atoms with Crippen molar-refractivity contribution in [3.63, 3.8) is 0 Å².